The zero-order chi connectivity index (χ0) is 8.65. The van der Waals surface area contributed by atoms with Gasteiger partial charge in [0.15, 0.2) is 0 Å². The summed E-state index contributed by atoms with van der Waals surface area (Å²) < 4.78 is 5.37. The van der Waals surface area contributed by atoms with Crippen LogP contribution in [0.3, 0.4) is 0 Å². The summed E-state index contributed by atoms with van der Waals surface area (Å²) in [6.45, 7) is 5.84. The third-order valence-electron chi connectivity index (χ3n) is 1.81. The Morgan fingerprint density at radius 1 is 1.73 bits per heavy atom. The van der Waals surface area contributed by atoms with E-state index < -0.39 is 11.8 Å². The van der Waals surface area contributed by atoms with E-state index in [9.17, 15) is 4.79 Å². The van der Waals surface area contributed by atoms with Crippen LogP contribution in [0.5, 0.6) is 0 Å². The molecule has 1 rings (SSSR count). The molecule has 0 aromatic carbocycles. The van der Waals surface area contributed by atoms with Crippen LogP contribution in [-0.4, -0.2) is 34.5 Å². The Labute approximate surface area is 65.8 Å². The number of amides is 1. The van der Waals surface area contributed by atoms with Crippen LogP contribution in [0.2, 0.25) is 0 Å². The van der Waals surface area contributed by atoms with Gasteiger partial charge in [0.25, 0.3) is 0 Å². The summed E-state index contributed by atoms with van der Waals surface area (Å²) in [5, 5.41) is 8.71. The van der Waals surface area contributed by atoms with Gasteiger partial charge in [0.2, 0.25) is 0 Å². The molecule has 1 fully saturated rings. The van der Waals surface area contributed by atoms with Crippen molar-refractivity contribution in [2.24, 2.45) is 0 Å². The first-order chi connectivity index (χ1) is 4.93. The van der Waals surface area contributed by atoms with Crippen molar-refractivity contribution in [1.82, 2.24) is 4.90 Å². The highest BCUT2D eigenvalue weighted by Gasteiger charge is 2.40. The summed E-state index contributed by atoms with van der Waals surface area (Å²) in [6.07, 6.45) is -0.916. The molecule has 4 heteroatoms. The molecular formula is C7H13NO3. The van der Waals surface area contributed by atoms with Crippen molar-refractivity contribution < 1.29 is 14.6 Å². The summed E-state index contributed by atoms with van der Waals surface area (Å²) in [7, 11) is 0. The van der Waals surface area contributed by atoms with Crippen LogP contribution in [0.25, 0.3) is 0 Å². The molecule has 0 radical (unpaired) electrons. The van der Waals surface area contributed by atoms with E-state index in [1.807, 2.05) is 6.92 Å². The number of hydrogen-bond acceptors (Lipinski definition) is 2. The van der Waals surface area contributed by atoms with Gasteiger partial charge in [-0.05, 0) is 20.8 Å². The highest BCUT2D eigenvalue weighted by atomic mass is 16.5. The van der Waals surface area contributed by atoms with E-state index in [1.165, 1.54) is 4.90 Å². The second-order valence-corrected chi connectivity index (χ2v) is 3.27. The van der Waals surface area contributed by atoms with Gasteiger partial charge in [-0.2, -0.15) is 0 Å². The molecule has 1 aliphatic heterocycles. The molecule has 0 bridgehead atoms. The lowest BCUT2D eigenvalue weighted by Gasteiger charge is -2.26. The maximum Gasteiger partial charge on any atom is 0.409 e. The Bertz CT molecular complexity index is 179. The van der Waals surface area contributed by atoms with E-state index in [2.05, 4.69) is 0 Å². The van der Waals surface area contributed by atoms with Crippen molar-refractivity contribution in [3.8, 4) is 0 Å². The third-order valence-corrected chi connectivity index (χ3v) is 1.81. The second-order valence-electron chi connectivity index (χ2n) is 3.27. The van der Waals surface area contributed by atoms with E-state index in [1.54, 1.807) is 13.8 Å². The molecule has 0 spiro atoms. The van der Waals surface area contributed by atoms with Crippen molar-refractivity contribution in [1.29, 1.82) is 0 Å². The van der Waals surface area contributed by atoms with E-state index in [4.69, 9.17) is 9.84 Å². The zero-order valence-corrected chi connectivity index (χ0v) is 7.00. The summed E-state index contributed by atoms with van der Waals surface area (Å²) in [4.78, 5) is 11.9. The van der Waals surface area contributed by atoms with E-state index >= 15 is 0 Å². The maximum atomic E-state index is 10.6. The van der Waals surface area contributed by atoms with Gasteiger partial charge in [-0.15, -0.1) is 0 Å². The number of hydrogen-bond donors (Lipinski definition) is 1. The quantitative estimate of drug-likeness (QED) is 0.576. The molecule has 1 heterocycles. The highest BCUT2D eigenvalue weighted by molar-refractivity contribution is 5.66. The van der Waals surface area contributed by atoms with Gasteiger partial charge < -0.3 is 9.84 Å². The average Bonchev–Trinajstić information content (AvgIpc) is 2.04. The van der Waals surface area contributed by atoms with Crippen LogP contribution in [0.15, 0.2) is 0 Å². The molecule has 0 aromatic heterocycles. The van der Waals surface area contributed by atoms with E-state index in [0.717, 1.165) is 0 Å². The summed E-state index contributed by atoms with van der Waals surface area (Å²) in [5.41, 5.74) is -0.661. The van der Waals surface area contributed by atoms with Gasteiger partial charge in [0, 0.05) is 0 Å². The summed E-state index contributed by atoms with van der Waals surface area (Å²) in [5.74, 6) is 0. The lowest BCUT2D eigenvalue weighted by atomic mass is 10.3. The monoisotopic (exact) mass is 159 g/mol. The molecule has 1 aliphatic rings. The minimum Gasteiger partial charge on any atom is -0.465 e. The fourth-order valence-electron chi connectivity index (χ4n) is 1.38. The first kappa shape index (κ1) is 8.33. The smallest absolute Gasteiger partial charge is 0.409 e. The van der Waals surface area contributed by atoms with Crippen molar-refractivity contribution in [3.05, 3.63) is 0 Å². The third kappa shape index (κ3) is 1.45. The van der Waals surface area contributed by atoms with Gasteiger partial charge in [0.1, 0.15) is 5.72 Å². The second kappa shape index (κ2) is 2.37. The number of nitrogens with zero attached hydrogens (tertiary/aromatic N) is 1. The summed E-state index contributed by atoms with van der Waals surface area (Å²) >= 11 is 0. The molecule has 1 amide bonds. The van der Waals surface area contributed by atoms with Gasteiger partial charge in [-0.1, -0.05) is 0 Å². The molecule has 0 aliphatic carbocycles. The molecule has 0 saturated carbocycles. The van der Waals surface area contributed by atoms with Crippen molar-refractivity contribution in [2.45, 2.75) is 32.6 Å². The topological polar surface area (TPSA) is 49.8 Å². The fraction of sp³-hybridized carbons (Fsp3) is 0.857. The average molecular weight is 159 g/mol. The first-order valence-electron chi connectivity index (χ1n) is 3.62. The first-order valence-corrected chi connectivity index (χ1v) is 3.62. The van der Waals surface area contributed by atoms with Crippen LogP contribution in [0.1, 0.15) is 20.8 Å². The van der Waals surface area contributed by atoms with Crippen LogP contribution in [-0.2, 0) is 4.74 Å². The minimum absolute atomic E-state index is 0.00102. The largest absolute Gasteiger partial charge is 0.465 e. The Morgan fingerprint density at radius 2 is 2.27 bits per heavy atom. The van der Waals surface area contributed by atoms with Crippen molar-refractivity contribution in [3.63, 3.8) is 0 Å². The molecule has 1 saturated heterocycles. The van der Waals surface area contributed by atoms with E-state index in [-0.39, 0.29) is 6.10 Å². The van der Waals surface area contributed by atoms with Crippen molar-refractivity contribution >= 4 is 6.09 Å². The Kier molecular flexibility index (Phi) is 1.80. The predicted octanol–water partition coefficient (Wildman–Crippen LogP) is 1.12. The highest BCUT2D eigenvalue weighted by Crippen LogP contribution is 2.25. The zero-order valence-electron chi connectivity index (χ0n) is 7.00. The Morgan fingerprint density at radius 3 is 2.45 bits per heavy atom. The molecule has 4 nitrogen and oxygen atoms in total. The summed E-state index contributed by atoms with van der Waals surface area (Å²) in [6, 6.07) is 0. The van der Waals surface area contributed by atoms with Crippen LogP contribution in [0.4, 0.5) is 4.79 Å². The lowest BCUT2D eigenvalue weighted by molar-refractivity contribution is -0.0615. The minimum atomic E-state index is -0.917. The Hall–Kier alpha value is -0.770. The van der Waals surface area contributed by atoms with Gasteiger partial charge in [0.05, 0.1) is 12.6 Å². The van der Waals surface area contributed by atoms with Crippen LogP contribution in [0, 0.1) is 0 Å². The number of rotatable bonds is 0. The van der Waals surface area contributed by atoms with Crippen LogP contribution < -0.4 is 0 Å². The lowest BCUT2D eigenvalue weighted by Crippen LogP contribution is -2.42. The molecule has 1 unspecified atom stereocenters. The number of carbonyl (C=O) groups is 1. The number of carboxylic acid groups (broad SMARTS) is 1. The predicted molar refractivity (Wildman–Crippen MR) is 39.4 cm³/mol. The van der Waals surface area contributed by atoms with Gasteiger partial charge in [-0.3, -0.25) is 4.90 Å². The number of ether oxygens (including phenoxy) is 1. The maximum absolute atomic E-state index is 10.6. The van der Waals surface area contributed by atoms with Gasteiger partial charge in [-0.25, -0.2) is 4.79 Å². The molecule has 11 heavy (non-hydrogen) atoms. The normalized spacial score (nSPS) is 29.0. The van der Waals surface area contributed by atoms with E-state index in [0.29, 0.717) is 6.54 Å². The molecule has 1 N–H and O–H groups in total. The fourth-order valence-corrected chi connectivity index (χ4v) is 1.38. The van der Waals surface area contributed by atoms with Crippen molar-refractivity contribution in [2.75, 3.05) is 6.54 Å². The molecular weight excluding hydrogens is 146 g/mol. The Balaban J connectivity index is 2.74. The molecule has 1 atom stereocenters. The molecule has 64 valence electrons. The standard InChI is InChI=1S/C7H13NO3/c1-5-4-8(6(9)10)7(2,3)11-5/h5H,4H2,1-3H3,(H,9,10). The SMILES string of the molecule is CC1CN(C(=O)O)C(C)(C)O1. The molecule has 0 aromatic rings. The van der Waals surface area contributed by atoms with Gasteiger partial charge >= 0.3 is 6.09 Å². The van der Waals surface area contributed by atoms with Crippen LogP contribution >= 0.6 is 0 Å².